The fourth-order valence-corrected chi connectivity index (χ4v) is 2.14. The van der Waals surface area contributed by atoms with Crippen molar-refractivity contribution in [3.8, 4) is 0 Å². The lowest BCUT2D eigenvalue weighted by Gasteiger charge is -2.16. The maximum Gasteiger partial charge on any atom is 0.0881 e. The van der Waals surface area contributed by atoms with Gasteiger partial charge in [-0.1, -0.05) is 29.3 Å². The molecule has 1 aromatic heterocycles. The van der Waals surface area contributed by atoms with Crippen molar-refractivity contribution >= 4 is 39.1 Å². The number of halogens is 3. The van der Waals surface area contributed by atoms with Crippen molar-refractivity contribution in [3.05, 3.63) is 62.3 Å². The van der Waals surface area contributed by atoms with Gasteiger partial charge in [0.15, 0.2) is 0 Å². The van der Waals surface area contributed by atoms with Crippen LogP contribution >= 0.6 is 39.1 Å². The fourth-order valence-electron chi connectivity index (χ4n) is 1.60. The fraction of sp³-hybridized carbons (Fsp3) is 0.0833. The summed E-state index contributed by atoms with van der Waals surface area (Å²) >= 11 is 15.2. The molecule has 0 aliphatic rings. The Morgan fingerprint density at radius 3 is 2.50 bits per heavy atom. The van der Waals surface area contributed by atoms with E-state index >= 15 is 0 Å². The van der Waals surface area contributed by atoms with E-state index in [1.165, 1.54) is 0 Å². The van der Waals surface area contributed by atoms with Crippen molar-refractivity contribution in [1.82, 2.24) is 10.4 Å². The Labute approximate surface area is 123 Å². The molecule has 3 nitrogen and oxygen atoms in total. The van der Waals surface area contributed by atoms with Gasteiger partial charge in [0.25, 0.3) is 0 Å². The summed E-state index contributed by atoms with van der Waals surface area (Å²) in [4.78, 5) is 4.31. The largest absolute Gasteiger partial charge is 0.271 e. The van der Waals surface area contributed by atoms with Crippen LogP contribution in [0.5, 0.6) is 0 Å². The second-order valence-corrected chi connectivity index (χ2v) is 5.40. The molecule has 1 unspecified atom stereocenters. The number of nitrogens with two attached hydrogens (primary N) is 1. The lowest BCUT2D eigenvalue weighted by Crippen LogP contribution is -2.29. The number of hydrazine groups is 1. The third kappa shape index (κ3) is 3.02. The van der Waals surface area contributed by atoms with Gasteiger partial charge in [0.2, 0.25) is 0 Å². The maximum absolute atomic E-state index is 6.00. The molecule has 0 saturated carbocycles. The quantitative estimate of drug-likeness (QED) is 0.658. The van der Waals surface area contributed by atoms with E-state index in [1.54, 1.807) is 18.3 Å². The minimum absolute atomic E-state index is 0.229. The molecule has 0 aliphatic carbocycles. The molecule has 0 fully saturated rings. The monoisotopic (exact) mass is 345 g/mol. The SMILES string of the molecule is NNC(c1ccc(Cl)c(Cl)c1)c1ccc(Br)cn1. The van der Waals surface area contributed by atoms with Crippen LogP contribution in [0.25, 0.3) is 0 Å². The van der Waals surface area contributed by atoms with Gasteiger partial charge < -0.3 is 0 Å². The molecule has 18 heavy (non-hydrogen) atoms. The zero-order chi connectivity index (χ0) is 13.1. The van der Waals surface area contributed by atoms with Crippen LogP contribution in [0.2, 0.25) is 10.0 Å². The first-order valence-electron chi connectivity index (χ1n) is 5.14. The number of hydrogen-bond acceptors (Lipinski definition) is 3. The van der Waals surface area contributed by atoms with Crippen LogP contribution in [0.15, 0.2) is 41.0 Å². The first-order valence-corrected chi connectivity index (χ1v) is 6.69. The second-order valence-electron chi connectivity index (χ2n) is 3.67. The van der Waals surface area contributed by atoms with Gasteiger partial charge in [0.05, 0.1) is 21.8 Å². The molecular formula is C12H10BrCl2N3. The minimum Gasteiger partial charge on any atom is -0.271 e. The van der Waals surface area contributed by atoms with E-state index in [1.807, 2.05) is 18.2 Å². The molecule has 0 spiro atoms. The first-order chi connectivity index (χ1) is 8.61. The molecule has 3 N–H and O–H groups in total. The van der Waals surface area contributed by atoms with Crippen molar-refractivity contribution in [3.63, 3.8) is 0 Å². The number of benzene rings is 1. The van der Waals surface area contributed by atoms with Crippen LogP contribution in [-0.4, -0.2) is 4.98 Å². The number of pyridine rings is 1. The molecule has 1 aromatic carbocycles. The van der Waals surface area contributed by atoms with Gasteiger partial charge in [-0.05, 0) is 45.8 Å². The third-order valence-electron chi connectivity index (χ3n) is 2.49. The number of hydrogen-bond donors (Lipinski definition) is 2. The average Bonchev–Trinajstić information content (AvgIpc) is 2.37. The number of nitrogens with one attached hydrogen (secondary N) is 1. The summed E-state index contributed by atoms with van der Waals surface area (Å²) in [5.41, 5.74) is 4.43. The van der Waals surface area contributed by atoms with Crippen molar-refractivity contribution in [2.24, 2.45) is 5.84 Å². The summed E-state index contributed by atoms with van der Waals surface area (Å²) in [5, 5.41) is 1.01. The Balaban J connectivity index is 2.38. The predicted molar refractivity (Wildman–Crippen MR) is 77.6 cm³/mol. The smallest absolute Gasteiger partial charge is 0.0881 e. The highest BCUT2D eigenvalue weighted by Gasteiger charge is 2.14. The van der Waals surface area contributed by atoms with Crippen molar-refractivity contribution in [2.75, 3.05) is 0 Å². The molecule has 2 aromatic rings. The summed E-state index contributed by atoms with van der Waals surface area (Å²) in [7, 11) is 0. The molecule has 2 rings (SSSR count). The first kappa shape index (κ1) is 13.8. The molecular weight excluding hydrogens is 337 g/mol. The average molecular weight is 347 g/mol. The zero-order valence-corrected chi connectivity index (χ0v) is 12.3. The zero-order valence-electron chi connectivity index (χ0n) is 9.20. The van der Waals surface area contributed by atoms with E-state index in [2.05, 4.69) is 26.3 Å². The molecule has 0 saturated heterocycles. The van der Waals surface area contributed by atoms with Crippen molar-refractivity contribution < 1.29 is 0 Å². The Kier molecular flexibility index (Phi) is 4.59. The Bertz CT molecular complexity index is 546. The third-order valence-corrected chi connectivity index (χ3v) is 3.70. The molecule has 94 valence electrons. The standard InChI is InChI=1S/C12H10BrCl2N3/c13-8-2-4-11(17-6-8)12(18-16)7-1-3-9(14)10(15)5-7/h1-6,12,18H,16H2. The van der Waals surface area contributed by atoms with E-state index in [0.29, 0.717) is 10.0 Å². The molecule has 6 heteroatoms. The minimum atomic E-state index is -0.229. The number of nitrogens with zero attached hydrogens (tertiary/aromatic N) is 1. The summed E-state index contributed by atoms with van der Waals surface area (Å²) in [6, 6.07) is 8.94. The molecule has 0 bridgehead atoms. The van der Waals surface area contributed by atoms with E-state index in [9.17, 15) is 0 Å². The molecule has 0 amide bonds. The van der Waals surface area contributed by atoms with Crippen LogP contribution in [0, 0.1) is 0 Å². The Hall–Kier alpha value is -0.650. The number of rotatable bonds is 3. The highest BCUT2D eigenvalue weighted by molar-refractivity contribution is 9.10. The van der Waals surface area contributed by atoms with Gasteiger partial charge in [-0.25, -0.2) is 5.43 Å². The van der Waals surface area contributed by atoms with E-state index < -0.39 is 0 Å². The lowest BCUT2D eigenvalue weighted by molar-refractivity contribution is 0.620. The van der Waals surface area contributed by atoms with E-state index in [0.717, 1.165) is 15.7 Å². The maximum atomic E-state index is 6.00. The van der Waals surface area contributed by atoms with Crippen LogP contribution in [0.3, 0.4) is 0 Å². The van der Waals surface area contributed by atoms with Gasteiger partial charge in [0.1, 0.15) is 0 Å². The van der Waals surface area contributed by atoms with Gasteiger partial charge >= 0.3 is 0 Å². The summed E-state index contributed by atoms with van der Waals surface area (Å²) < 4.78 is 0.913. The highest BCUT2D eigenvalue weighted by atomic mass is 79.9. The topological polar surface area (TPSA) is 50.9 Å². The van der Waals surface area contributed by atoms with Gasteiger partial charge in [-0.3, -0.25) is 10.8 Å². The molecule has 0 aliphatic heterocycles. The summed E-state index contributed by atoms with van der Waals surface area (Å²) in [6.45, 7) is 0. The summed E-state index contributed by atoms with van der Waals surface area (Å²) in [6.07, 6.45) is 1.72. The molecule has 1 heterocycles. The van der Waals surface area contributed by atoms with Crippen LogP contribution in [-0.2, 0) is 0 Å². The van der Waals surface area contributed by atoms with Crippen LogP contribution < -0.4 is 11.3 Å². The van der Waals surface area contributed by atoms with Gasteiger partial charge in [-0.2, -0.15) is 0 Å². The Morgan fingerprint density at radius 1 is 1.17 bits per heavy atom. The number of aromatic nitrogens is 1. The van der Waals surface area contributed by atoms with E-state index in [-0.39, 0.29) is 6.04 Å². The molecule has 1 atom stereocenters. The van der Waals surface area contributed by atoms with Crippen molar-refractivity contribution in [1.29, 1.82) is 0 Å². The highest BCUT2D eigenvalue weighted by Crippen LogP contribution is 2.28. The summed E-state index contributed by atoms with van der Waals surface area (Å²) in [5.74, 6) is 5.59. The van der Waals surface area contributed by atoms with E-state index in [4.69, 9.17) is 29.0 Å². The van der Waals surface area contributed by atoms with Crippen molar-refractivity contribution in [2.45, 2.75) is 6.04 Å². The van der Waals surface area contributed by atoms with Gasteiger partial charge in [-0.15, -0.1) is 0 Å². The lowest BCUT2D eigenvalue weighted by atomic mass is 10.0. The Morgan fingerprint density at radius 2 is 1.94 bits per heavy atom. The van der Waals surface area contributed by atoms with Crippen LogP contribution in [0.4, 0.5) is 0 Å². The predicted octanol–water partition coefficient (Wildman–Crippen LogP) is 3.70. The van der Waals surface area contributed by atoms with Crippen LogP contribution in [0.1, 0.15) is 17.3 Å². The second kappa shape index (κ2) is 5.99. The molecule has 0 radical (unpaired) electrons. The van der Waals surface area contributed by atoms with Gasteiger partial charge in [0, 0.05) is 10.7 Å². The normalized spacial score (nSPS) is 12.4.